The molecule has 6 nitrogen and oxygen atoms in total. The Morgan fingerprint density at radius 3 is 2.89 bits per heavy atom. The van der Waals surface area contributed by atoms with Crippen LogP contribution >= 0.6 is 0 Å². The van der Waals surface area contributed by atoms with Gasteiger partial charge in [0.1, 0.15) is 11.5 Å². The Morgan fingerprint density at radius 2 is 2.22 bits per heavy atom. The molecule has 0 radical (unpaired) electrons. The third-order valence-corrected chi connectivity index (χ3v) is 2.44. The van der Waals surface area contributed by atoms with Crippen LogP contribution in [0.1, 0.15) is 11.4 Å². The monoisotopic (exact) mass is 246 g/mol. The lowest BCUT2D eigenvalue weighted by Gasteiger charge is -2.03. The number of methoxy groups -OCH3 is 1. The number of hydrogen-bond acceptors (Lipinski definition) is 5. The van der Waals surface area contributed by atoms with Gasteiger partial charge in [0.15, 0.2) is 5.82 Å². The molecule has 0 fully saturated rings. The standard InChI is InChI=1S/C12H14N4O2/c1-16-14-12(13-15-16)8-10(17)6-9-4-3-5-11(7-9)18-2/h3-5,7H,6,8H2,1-2H3. The van der Waals surface area contributed by atoms with Crippen molar-refractivity contribution in [3.63, 3.8) is 0 Å². The van der Waals surface area contributed by atoms with Gasteiger partial charge in [-0.25, -0.2) is 0 Å². The van der Waals surface area contributed by atoms with E-state index in [1.54, 1.807) is 14.2 Å². The Morgan fingerprint density at radius 1 is 1.39 bits per heavy atom. The minimum Gasteiger partial charge on any atom is -0.497 e. The quantitative estimate of drug-likeness (QED) is 0.771. The number of carbonyl (C=O) groups is 1. The Kier molecular flexibility index (Phi) is 3.66. The molecule has 1 aromatic carbocycles. The molecule has 6 heteroatoms. The predicted octanol–water partition coefficient (Wildman–Crippen LogP) is 0.573. The molecule has 0 unspecified atom stereocenters. The van der Waals surface area contributed by atoms with Crippen LogP contribution in [0.4, 0.5) is 0 Å². The van der Waals surface area contributed by atoms with E-state index in [1.807, 2.05) is 24.3 Å². The molecule has 0 N–H and O–H groups in total. The van der Waals surface area contributed by atoms with Crippen molar-refractivity contribution in [2.45, 2.75) is 12.8 Å². The first-order chi connectivity index (χ1) is 8.67. The van der Waals surface area contributed by atoms with Gasteiger partial charge in [-0.05, 0) is 22.9 Å². The number of Topliss-reactive ketones (excluding diaryl/α,β-unsaturated/α-hetero) is 1. The number of hydrogen-bond donors (Lipinski definition) is 0. The van der Waals surface area contributed by atoms with E-state index in [9.17, 15) is 4.79 Å². The van der Waals surface area contributed by atoms with E-state index in [2.05, 4.69) is 15.4 Å². The van der Waals surface area contributed by atoms with Gasteiger partial charge in [0.05, 0.1) is 20.6 Å². The molecule has 1 aromatic heterocycles. The summed E-state index contributed by atoms with van der Waals surface area (Å²) in [4.78, 5) is 13.2. The van der Waals surface area contributed by atoms with Crippen molar-refractivity contribution in [2.75, 3.05) is 7.11 Å². The summed E-state index contributed by atoms with van der Waals surface area (Å²) in [5.74, 6) is 1.25. The first kappa shape index (κ1) is 12.2. The minimum absolute atomic E-state index is 0.0521. The van der Waals surface area contributed by atoms with Crippen LogP contribution in [0.3, 0.4) is 0 Å². The number of tetrazole rings is 1. The number of nitrogens with zero attached hydrogens (tertiary/aromatic N) is 4. The molecule has 0 spiro atoms. The van der Waals surface area contributed by atoms with Crippen LogP contribution in [0.2, 0.25) is 0 Å². The zero-order valence-electron chi connectivity index (χ0n) is 10.3. The molecule has 0 aliphatic carbocycles. The summed E-state index contributed by atoms with van der Waals surface area (Å²) in [6, 6.07) is 7.45. The van der Waals surface area contributed by atoms with Gasteiger partial charge >= 0.3 is 0 Å². The maximum atomic E-state index is 11.8. The summed E-state index contributed by atoms with van der Waals surface area (Å²) >= 11 is 0. The largest absolute Gasteiger partial charge is 0.497 e. The lowest BCUT2D eigenvalue weighted by Crippen LogP contribution is -2.08. The third kappa shape index (κ3) is 3.13. The topological polar surface area (TPSA) is 69.9 Å². The molecule has 0 bridgehead atoms. The maximum absolute atomic E-state index is 11.8. The predicted molar refractivity (Wildman–Crippen MR) is 64.2 cm³/mol. The number of aryl methyl sites for hydroxylation is 1. The number of aromatic nitrogens is 4. The van der Waals surface area contributed by atoms with Crippen LogP contribution in [-0.4, -0.2) is 33.1 Å². The zero-order valence-corrected chi connectivity index (χ0v) is 10.3. The lowest BCUT2D eigenvalue weighted by molar-refractivity contribution is -0.117. The van der Waals surface area contributed by atoms with Crippen molar-refractivity contribution in [3.8, 4) is 5.75 Å². The van der Waals surface area contributed by atoms with Crippen molar-refractivity contribution in [1.82, 2.24) is 20.2 Å². The smallest absolute Gasteiger partial charge is 0.182 e. The highest BCUT2D eigenvalue weighted by molar-refractivity contribution is 5.82. The summed E-state index contributed by atoms with van der Waals surface area (Å²) in [5, 5.41) is 11.4. The average Bonchev–Trinajstić information content (AvgIpc) is 2.74. The number of carbonyl (C=O) groups excluding carboxylic acids is 1. The molecular formula is C12H14N4O2. The van der Waals surface area contributed by atoms with Crippen molar-refractivity contribution in [2.24, 2.45) is 7.05 Å². The SMILES string of the molecule is COc1cccc(CC(=O)Cc2nnn(C)n2)c1. The molecule has 0 atom stereocenters. The molecular weight excluding hydrogens is 232 g/mol. The lowest BCUT2D eigenvalue weighted by atomic mass is 10.1. The van der Waals surface area contributed by atoms with Crippen molar-refractivity contribution in [3.05, 3.63) is 35.7 Å². The molecule has 2 aromatic rings. The van der Waals surface area contributed by atoms with Gasteiger partial charge in [0.25, 0.3) is 0 Å². The minimum atomic E-state index is 0.0521. The second-order valence-corrected chi connectivity index (χ2v) is 3.94. The van der Waals surface area contributed by atoms with Gasteiger partial charge in [-0.3, -0.25) is 4.79 Å². The molecule has 18 heavy (non-hydrogen) atoms. The number of ether oxygens (including phenoxy) is 1. The van der Waals surface area contributed by atoms with Crippen LogP contribution in [0.15, 0.2) is 24.3 Å². The average molecular weight is 246 g/mol. The molecule has 0 saturated heterocycles. The molecule has 0 amide bonds. The highest BCUT2D eigenvalue weighted by atomic mass is 16.5. The number of benzene rings is 1. The molecule has 0 aliphatic rings. The Labute approximate surface area is 105 Å². The first-order valence-corrected chi connectivity index (χ1v) is 5.55. The summed E-state index contributed by atoms with van der Waals surface area (Å²) in [7, 11) is 3.27. The number of rotatable bonds is 5. The van der Waals surface area contributed by atoms with E-state index in [1.165, 1.54) is 4.80 Å². The molecule has 2 rings (SSSR count). The van der Waals surface area contributed by atoms with Crippen LogP contribution in [-0.2, 0) is 24.7 Å². The van der Waals surface area contributed by atoms with Gasteiger partial charge in [-0.15, -0.1) is 10.2 Å². The Hall–Kier alpha value is -2.24. The Bertz CT molecular complexity index is 551. The molecule has 1 heterocycles. The van der Waals surface area contributed by atoms with Gasteiger partial charge < -0.3 is 4.74 Å². The summed E-state index contributed by atoms with van der Waals surface area (Å²) in [6.07, 6.45) is 0.542. The molecule has 0 aliphatic heterocycles. The van der Waals surface area contributed by atoms with Crippen molar-refractivity contribution in [1.29, 1.82) is 0 Å². The van der Waals surface area contributed by atoms with Crippen LogP contribution in [0.5, 0.6) is 5.75 Å². The Balaban J connectivity index is 1.98. The second kappa shape index (κ2) is 5.39. The van der Waals surface area contributed by atoms with E-state index in [0.29, 0.717) is 12.2 Å². The van der Waals surface area contributed by atoms with E-state index in [-0.39, 0.29) is 12.2 Å². The summed E-state index contributed by atoms with van der Waals surface area (Å²) in [5.41, 5.74) is 0.920. The van der Waals surface area contributed by atoms with Gasteiger partial charge in [0.2, 0.25) is 0 Å². The fraction of sp³-hybridized carbons (Fsp3) is 0.333. The highest BCUT2D eigenvalue weighted by Gasteiger charge is 2.09. The van der Waals surface area contributed by atoms with Crippen LogP contribution < -0.4 is 4.74 Å². The summed E-state index contributed by atoms with van der Waals surface area (Å²) in [6.45, 7) is 0. The van der Waals surface area contributed by atoms with Crippen LogP contribution in [0, 0.1) is 0 Å². The van der Waals surface area contributed by atoms with Crippen molar-refractivity contribution >= 4 is 5.78 Å². The molecule has 0 saturated carbocycles. The third-order valence-electron chi connectivity index (χ3n) is 2.44. The second-order valence-electron chi connectivity index (χ2n) is 3.94. The van der Waals surface area contributed by atoms with E-state index >= 15 is 0 Å². The van der Waals surface area contributed by atoms with E-state index in [0.717, 1.165) is 11.3 Å². The fourth-order valence-corrected chi connectivity index (χ4v) is 1.64. The van der Waals surface area contributed by atoms with Crippen LogP contribution in [0.25, 0.3) is 0 Å². The van der Waals surface area contributed by atoms with Gasteiger partial charge in [0, 0.05) is 6.42 Å². The van der Waals surface area contributed by atoms with E-state index in [4.69, 9.17) is 4.74 Å². The normalized spacial score (nSPS) is 10.3. The fourth-order valence-electron chi connectivity index (χ4n) is 1.64. The van der Waals surface area contributed by atoms with Gasteiger partial charge in [-0.2, -0.15) is 4.80 Å². The maximum Gasteiger partial charge on any atom is 0.182 e. The molecule has 94 valence electrons. The van der Waals surface area contributed by atoms with E-state index < -0.39 is 0 Å². The summed E-state index contributed by atoms with van der Waals surface area (Å²) < 4.78 is 5.11. The van der Waals surface area contributed by atoms with Gasteiger partial charge in [-0.1, -0.05) is 12.1 Å². The number of ketones is 1. The highest BCUT2D eigenvalue weighted by Crippen LogP contribution is 2.13. The zero-order chi connectivity index (χ0) is 13.0. The first-order valence-electron chi connectivity index (χ1n) is 5.55. The van der Waals surface area contributed by atoms with Crippen molar-refractivity contribution < 1.29 is 9.53 Å².